The zero-order valence-electron chi connectivity index (χ0n) is 19.8. The molecule has 1 aromatic heterocycles. The van der Waals surface area contributed by atoms with E-state index < -0.39 is 35.1 Å². The third-order valence-electron chi connectivity index (χ3n) is 5.13. The smallest absolute Gasteiger partial charge is 0.469 e. The van der Waals surface area contributed by atoms with Gasteiger partial charge in [0.1, 0.15) is 6.04 Å². The lowest BCUT2D eigenvalue weighted by molar-refractivity contribution is -0.139. The van der Waals surface area contributed by atoms with E-state index in [1.54, 1.807) is 18.2 Å². The highest BCUT2D eigenvalue weighted by Gasteiger charge is 2.26. The van der Waals surface area contributed by atoms with Crippen LogP contribution in [0.25, 0.3) is 10.9 Å². The summed E-state index contributed by atoms with van der Waals surface area (Å²) in [7, 11) is -5.41. The number of sulfonamides is 1. The Kier molecular flexibility index (Phi) is 10.8. The highest BCUT2D eigenvalue weighted by molar-refractivity contribution is 7.89. The number of rotatable bonds is 10. The maximum atomic E-state index is 12.6. The van der Waals surface area contributed by atoms with Crippen LogP contribution in [0, 0.1) is 5.92 Å². The Labute approximate surface area is 206 Å². The summed E-state index contributed by atoms with van der Waals surface area (Å²) in [6, 6.07) is 18.3. The van der Waals surface area contributed by atoms with Gasteiger partial charge >= 0.3 is 13.1 Å². The number of carboxylic acids is 1. The first-order valence-electron chi connectivity index (χ1n) is 11.3. The summed E-state index contributed by atoms with van der Waals surface area (Å²) < 4.78 is 27.4. The molecule has 188 valence electrons. The molecule has 35 heavy (non-hydrogen) atoms. The Hall–Kier alpha value is -2.83. The van der Waals surface area contributed by atoms with E-state index in [0.29, 0.717) is 24.3 Å². The molecule has 2 aromatic carbocycles. The predicted molar refractivity (Wildman–Crippen MR) is 136 cm³/mol. The molecule has 0 aliphatic rings. The first kappa shape index (κ1) is 28.4. The number of pyridine rings is 1. The topological polar surface area (TPSA) is 163 Å². The van der Waals surface area contributed by atoms with Gasteiger partial charge in [-0.3, -0.25) is 4.79 Å². The average molecular weight is 501 g/mol. The monoisotopic (exact) mass is 501 g/mol. The Morgan fingerprint density at radius 1 is 1.03 bits per heavy atom. The number of aliphatic carboxylic acids is 1. The largest absolute Gasteiger partial charge is 0.480 e. The molecule has 0 spiro atoms. The molecule has 0 aliphatic carbocycles. The van der Waals surface area contributed by atoms with Crippen molar-refractivity contribution in [2.24, 2.45) is 11.7 Å². The number of para-hydroxylation sites is 1. The molecule has 0 fully saturated rings. The van der Waals surface area contributed by atoms with Crippen molar-refractivity contribution in [2.75, 3.05) is 0 Å². The first-order valence-corrected chi connectivity index (χ1v) is 12.7. The van der Waals surface area contributed by atoms with Crippen LogP contribution in [0.1, 0.15) is 32.3 Å². The minimum atomic E-state index is -4.04. The number of carboxylic acid groups (broad SMARTS) is 1. The SMILES string of the molecule is CC(C)C[C@H](N)B(O)O.O=C(O)[C@H](CCc1ccccc1)NS(=O)(=O)c1ccc2ccccc2n1. The zero-order chi connectivity index (χ0) is 26.0. The van der Waals surface area contributed by atoms with Crippen LogP contribution in [0.15, 0.2) is 71.8 Å². The van der Waals surface area contributed by atoms with Crippen LogP contribution >= 0.6 is 0 Å². The summed E-state index contributed by atoms with van der Waals surface area (Å²) in [5, 5.41) is 27.0. The number of hydrogen-bond donors (Lipinski definition) is 5. The summed E-state index contributed by atoms with van der Waals surface area (Å²) in [6.07, 6.45) is 1.25. The molecule has 6 N–H and O–H groups in total. The van der Waals surface area contributed by atoms with E-state index in [-0.39, 0.29) is 11.4 Å². The van der Waals surface area contributed by atoms with E-state index in [0.717, 1.165) is 10.9 Å². The minimum Gasteiger partial charge on any atom is -0.480 e. The number of nitrogens with zero attached hydrogens (tertiary/aromatic N) is 1. The van der Waals surface area contributed by atoms with E-state index in [2.05, 4.69) is 9.71 Å². The van der Waals surface area contributed by atoms with Crippen molar-refractivity contribution in [1.82, 2.24) is 9.71 Å². The Morgan fingerprint density at radius 2 is 1.66 bits per heavy atom. The van der Waals surface area contributed by atoms with Crippen LogP contribution in [-0.2, 0) is 21.2 Å². The second kappa shape index (κ2) is 13.3. The van der Waals surface area contributed by atoms with Gasteiger partial charge in [0.2, 0.25) is 0 Å². The summed E-state index contributed by atoms with van der Waals surface area (Å²) in [5.74, 6) is -1.29. The van der Waals surface area contributed by atoms with Crippen molar-refractivity contribution in [2.45, 2.75) is 50.1 Å². The highest BCUT2D eigenvalue weighted by atomic mass is 32.2. The van der Waals surface area contributed by atoms with Crippen LogP contribution in [0.2, 0.25) is 0 Å². The number of benzene rings is 2. The van der Waals surface area contributed by atoms with Crippen LogP contribution in [0.3, 0.4) is 0 Å². The van der Waals surface area contributed by atoms with E-state index in [1.165, 1.54) is 6.07 Å². The Balaban J connectivity index is 0.000000410. The van der Waals surface area contributed by atoms with Gasteiger partial charge in [-0.1, -0.05) is 62.4 Å². The van der Waals surface area contributed by atoms with Gasteiger partial charge in [0.05, 0.1) is 5.52 Å². The number of fused-ring (bicyclic) bond motifs is 1. The number of nitrogens with one attached hydrogen (secondary N) is 1. The quantitative estimate of drug-likeness (QED) is 0.263. The van der Waals surface area contributed by atoms with Gasteiger partial charge in [-0.05, 0) is 48.9 Å². The van der Waals surface area contributed by atoms with Gasteiger partial charge in [0.25, 0.3) is 10.0 Å². The number of nitrogens with two attached hydrogens (primary N) is 1. The minimum absolute atomic E-state index is 0.145. The van der Waals surface area contributed by atoms with E-state index in [1.807, 2.05) is 56.3 Å². The maximum Gasteiger partial charge on any atom is 0.469 e. The number of carbonyl (C=O) groups is 1. The van der Waals surface area contributed by atoms with Gasteiger partial charge < -0.3 is 20.9 Å². The van der Waals surface area contributed by atoms with Crippen molar-refractivity contribution < 1.29 is 28.4 Å². The average Bonchev–Trinajstić information content (AvgIpc) is 2.82. The standard InChI is InChI=1S/C19H18N2O4S.C5H14BNO2/c22-19(23)17(12-10-14-6-2-1-3-7-14)21-26(24,25)18-13-11-15-8-4-5-9-16(15)20-18;1-4(2)3-5(7)6(8)9/h1-9,11,13,17,21H,10,12H2,(H,22,23);4-5,8-9H,3,7H2,1-2H3/t17-;5-/m00/s1. The summed E-state index contributed by atoms with van der Waals surface area (Å²) >= 11 is 0. The normalized spacial score (nSPS) is 13.1. The molecule has 0 radical (unpaired) electrons. The van der Waals surface area contributed by atoms with Crippen molar-refractivity contribution in [3.63, 3.8) is 0 Å². The van der Waals surface area contributed by atoms with Crippen LogP contribution in [0.4, 0.5) is 0 Å². The third-order valence-corrected chi connectivity index (χ3v) is 6.51. The molecule has 11 heteroatoms. The van der Waals surface area contributed by atoms with Gasteiger partial charge in [-0.15, -0.1) is 0 Å². The van der Waals surface area contributed by atoms with Gasteiger partial charge in [0, 0.05) is 11.3 Å². The molecule has 0 aliphatic heterocycles. The van der Waals surface area contributed by atoms with Crippen LogP contribution in [-0.4, -0.2) is 53.6 Å². The second-order valence-electron chi connectivity index (χ2n) is 8.59. The molecule has 0 amide bonds. The fourth-order valence-corrected chi connectivity index (χ4v) is 4.48. The third kappa shape index (κ3) is 9.38. The fourth-order valence-electron chi connectivity index (χ4n) is 3.30. The molecule has 3 rings (SSSR count). The lowest BCUT2D eigenvalue weighted by Crippen LogP contribution is -2.41. The van der Waals surface area contributed by atoms with Gasteiger partial charge in [-0.2, -0.15) is 4.72 Å². The van der Waals surface area contributed by atoms with Crippen molar-refractivity contribution in [3.05, 3.63) is 72.3 Å². The lowest BCUT2D eigenvalue weighted by Gasteiger charge is -2.14. The predicted octanol–water partition coefficient (Wildman–Crippen LogP) is 1.97. The van der Waals surface area contributed by atoms with E-state index in [4.69, 9.17) is 15.8 Å². The molecule has 3 aromatic rings. The van der Waals surface area contributed by atoms with Crippen molar-refractivity contribution in [1.29, 1.82) is 0 Å². The van der Waals surface area contributed by atoms with Crippen molar-refractivity contribution in [3.8, 4) is 0 Å². The molecule has 0 unspecified atom stereocenters. The molecule has 2 atom stereocenters. The lowest BCUT2D eigenvalue weighted by atomic mass is 9.76. The summed E-state index contributed by atoms with van der Waals surface area (Å²) in [6.45, 7) is 3.98. The Morgan fingerprint density at radius 3 is 2.23 bits per heavy atom. The van der Waals surface area contributed by atoms with E-state index >= 15 is 0 Å². The first-order chi connectivity index (χ1) is 16.5. The number of aromatic nitrogens is 1. The highest BCUT2D eigenvalue weighted by Crippen LogP contribution is 2.16. The van der Waals surface area contributed by atoms with Crippen molar-refractivity contribution >= 4 is 34.0 Å². The molecule has 0 saturated heterocycles. The molecule has 9 nitrogen and oxygen atoms in total. The summed E-state index contributed by atoms with van der Waals surface area (Å²) in [5.41, 5.74) is 6.80. The summed E-state index contributed by atoms with van der Waals surface area (Å²) in [4.78, 5) is 15.6. The van der Waals surface area contributed by atoms with E-state index in [9.17, 15) is 18.3 Å². The molecule has 1 heterocycles. The van der Waals surface area contributed by atoms with Gasteiger partial charge in [-0.25, -0.2) is 13.4 Å². The fraction of sp³-hybridized carbons (Fsp3) is 0.333. The number of hydrogen-bond acceptors (Lipinski definition) is 7. The second-order valence-corrected chi connectivity index (χ2v) is 10.2. The zero-order valence-corrected chi connectivity index (χ0v) is 20.6. The molecule has 0 bridgehead atoms. The maximum absolute atomic E-state index is 12.6. The molecule has 0 saturated carbocycles. The van der Waals surface area contributed by atoms with Crippen LogP contribution in [0.5, 0.6) is 0 Å². The molecular formula is C24H32BN3O6S. The number of aryl methyl sites for hydroxylation is 1. The Bertz CT molecular complexity index is 1190. The molecular weight excluding hydrogens is 469 g/mol. The van der Waals surface area contributed by atoms with Gasteiger partial charge in [0.15, 0.2) is 5.03 Å². The van der Waals surface area contributed by atoms with Crippen LogP contribution < -0.4 is 10.5 Å².